The molecule has 0 aliphatic carbocycles. The van der Waals surface area contributed by atoms with Crippen molar-refractivity contribution < 1.29 is 17.1 Å². The summed E-state index contributed by atoms with van der Waals surface area (Å²) in [5, 5.41) is 1.14. The lowest BCUT2D eigenvalue weighted by Crippen LogP contribution is -2.57. The van der Waals surface area contributed by atoms with E-state index in [0.717, 1.165) is 5.19 Å². The number of rotatable bonds is 9. The second-order valence-electron chi connectivity index (χ2n) is 4.59. The van der Waals surface area contributed by atoms with Gasteiger partial charge in [0.15, 0.2) is 0 Å². The summed E-state index contributed by atoms with van der Waals surface area (Å²) in [5.41, 5.74) is 0. The van der Waals surface area contributed by atoms with Crippen molar-refractivity contribution in [3.8, 4) is 0 Å². The highest BCUT2D eigenvalue weighted by atomic mass is 28.5. The van der Waals surface area contributed by atoms with E-state index >= 15 is 0 Å². The van der Waals surface area contributed by atoms with E-state index in [1.807, 2.05) is 45.1 Å². The summed E-state index contributed by atoms with van der Waals surface area (Å²) >= 11 is 0. The van der Waals surface area contributed by atoms with Gasteiger partial charge < -0.3 is 17.1 Å². The van der Waals surface area contributed by atoms with E-state index in [1.165, 1.54) is 0 Å². The Balaban J connectivity index is 2.87. The molecule has 1 aromatic rings. The Labute approximate surface area is 127 Å². The fourth-order valence-corrected chi connectivity index (χ4v) is 11.2. The van der Waals surface area contributed by atoms with E-state index in [0.29, 0.717) is 13.2 Å². The topological polar surface area (TPSA) is 36.9 Å². The van der Waals surface area contributed by atoms with Gasteiger partial charge in [-0.2, -0.15) is 0 Å². The molecule has 0 saturated carbocycles. The average Bonchev–Trinajstić information content (AvgIpc) is 2.40. The standard InChI is InChI=1S/C13H26O4Si3/c1-6-14-18(3)16-20(5,17-19(4)15-7-2)13-11-9-8-10-12-13/h8-12,18-19H,6-7H2,1-5H3. The average molecular weight is 331 g/mol. The third kappa shape index (κ3) is 5.60. The summed E-state index contributed by atoms with van der Waals surface area (Å²) in [5.74, 6) is 0. The first-order valence-corrected chi connectivity index (χ1v) is 13.7. The van der Waals surface area contributed by atoms with E-state index in [2.05, 4.69) is 18.7 Å². The lowest BCUT2D eigenvalue weighted by atomic mass is 10.4. The third-order valence-corrected chi connectivity index (χ3v) is 12.1. The van der Waals surface area contributed by atoms with Gasteiger partial charge in [-0.25, -0.2) is 0 Å². The second kappa shape index (κ2) is 8.88. The molecule has 0 heterocycles. The van der Waals surface area contributed by atoms with Crippen LogP contribution in [0.5, 0.6) is 0 Å². The zero-order chi connectivity index (χ0) is 15.0. The van der Waals surface area contributed by atoms with Gasteiger partial charge in [0.05, 0.1) is 0 Å². The molecular formula is C13H26O4Si3. The SMILES string of the molecule is CCO[SiH](C)O[Si](C)(O[SiH](C)OCC)c1ccccc1. The molecule has 2 atom stereocenters. The van der Waals surface area contributed by atoms with E-state index in [1.54, 1.807) is 0 Å². The number of hydrogen-bond acceptors (Lipinski definition) is 4. The van der Waals surface area contributed by atoms with Gasteiger partial charge in [-0.05, 0) is 38.7 Å². The summed E-state index contributed by atoms with van der Waals surface area (Å²) < 4.78 is 23.8. The molecule has 2 unspecified atom stereocenters. The minimum atomic E-state index is -2.45. The van der Waals surface area contributed by atoms with E-state index in [4.69, 9.17) is 17.1 Å². The van der Waals surface area contributed by atoms with Crippen LogP contribution in [0.4, 0.5) is 0 Å². The van der Waals surface area contributed by atoms with Crippen molar-refractivity contribution in [1.82, 2.24) is 0 Å². The van der Waals surface area contributed by atoms with Crippen LogP contribution in [-0.4, -0.2) is 40.3 Å². The normalized spacial score (nSPS) is 17.4. The quantitative estimate of drug-likeness (QED) is 0.647. The van der Waals surface area contributed by atoms with Crippen molar-refractivity contribution in [2.45, 2.75) is 33.5 Å². The molecule has 114 valence electrons. The second-order valence-corrected chi connectivity index (χ2v) is 11.9. The van der Waals surface area contributed by atoms with Crippen LogP contribution in [0, 0.1) is 0 Å². The van der Waals surface area contributed by atoms with E-state index in [9.17, 15) is 0 Å². The first-order valence-electron chi connectivity index (χ1n) is 7.16. The lowest BCUT2D eigenvalue weighted by molar-refractivity contribution is 0.243. The van der Waals surface area contributed by atoms with Crippen LogP contribution in [-0.2, 0) is 17.1 Å². The van der Waals surface area contributed by atoms with Crippen molar-refractivity contribution in [2.75, 3.05) is 13.2 Å². The van der Waals surface area contributed by atoms with Crippen LogP contribution in [0.3, 0.4) is 0 Å². The maximum Gasteiger partial charge on any atom is 0.351 e. The van der Waals surface area contributed by atoms with Gasteiger partial charge in [0.1, 0.15) is 0 Å². The molecule has 1 rings (SSSR count). The Morgan fingerprint density at radius 2 is 1.35 bits per heavy atom. The molecule has 0 bridgehead atoms. The predicted octanol–water partition coefficient (Wildman–Crippen LogP) is 1.77. The number of benzene rings is 1. The van der Waals surface area contributed by atoms with E-state index < -0.39 is 27.1 Å². The predicted molar refractivity (Wildman–Crippen MR) is 89.1 cm³/mol. The van der Waals surface area contributed by atoms with Crippen LogP contribution in [0.25, 0.3) is 0 Å². The smallest absolute Gasteiger partial charge is 0.351 e. The Bertz CT molecular complexity index is 363. The number of hydrogen-bond donors (Lipinski definition) is 0. The van der Waals surface area contributed by atoms with Crippen LogP contribution < -0.4 is 5.19 Å². The molecule has 0 aliphatic rings. The lowest BCUT2D eigenvalue weighted by Gasteiger charge is -2.32. The van der Waals surface area contributed by atoms with Crippen molar-refractivity contribution in [1.29, 1.82) is 0 Å². The zero-order valence-corrected chi connectivity index (χ0v) is 16.4. The van der Waals surface area contributed by atoms with Gasteiger partial charge in [0.2, 0.25) is 0 Å². The first kappa shape index (κ1) is 17.8. The zero-order valence-electron chi connectivity index (χ0n) is 13.1. The summed E-state index contributed by atoms with van der Waals surface area (Å²) in [6.07, 6.45) is 0. The molecule has 7 heteroatoms. The monoisotopic (exact) mass is 330 g/mol. The van der Waals surface area contributed by atoms with E-state index in [-0.39, 0.29) is 0 Å². The van der Waals surface area contributed by atoms with Crippen molar-refractivity contribution in [3.05, 3.63) is 30.3 Å². The van der Waals surface area contributed by atoms with Gasteiger partial charge in [0.25, 0.3) is 0 Å². The summed E-state index contributed by atoms with van der Waals surface area (Å²) in [6.45, 7) is 11.5. The van der Waals surface area contributed by atoms with Crippen LogP contribution in [0.1, 0.15) is 13.8 Å². The summed E-state index contributed by atoms with van der Waals surface area (Å²) in [7, 11) is -5.80. The van der Waals surface area contributed by atoms with Crippen molar-refractivity contribution >= 4 is 32.3 Å². The molecule has 0 aliphatic heterocycles. The molecule has 0 fully saturated rings. The minimum Gasteiger partial charge on any atom is -0.414 e. The van der Waals surface area contributed by atoms with Gasteiger partial charge in [-0.3, -0.25) is 0 Å². The Kier molecular flexibility index (Phi) is 7.88. The van der Waals surface area contributed by atoms with Crippen molar-refractivity contribution in [3.63, 3.8) is 0 Å². The molecule has 0 spiro atoms. The maximum absolute atomic E-state index is 6.27. The fourth-order valence-electron chi connectivity index (χ4n) is 2.08. The van der Waals surface area contributed by atoms with Gasteiger partial charge >= 0.3 is 27.1 Å². The highest BCUT2D eigenvalue weighted by molar-refractivity contribution is 6.87. The van der Waals surface area contributed by atoms with Gasteiger partial charge in [-0.15, -0.1) is 0 Å². The van der Waals surface area contributed by atoms with Crippen LogP contribution >= 0.6 is 0 Å². The van der Waals surface area contributed by atoms with Crippen molar-refractivity contribution in [2.24, 2.45) is 0 Å². The largest absolute Gasteiger partial charge is 0.414 e. The summed E-state index contributed by atoms with van der Waals surface area (Å²) in [6, 6.07) is 10.2. The maximum atomic E-state index is 6.27. The van der Waals surface area contributed by atoms with Crippen LogP contribution in [0.15, 0.2) is 30.3 Å². The minimum absolute atomic E-state index is 0.686. The molecule has 0 saturated heterocycles. The molecule has 0 radical (unpaired) electrons. The fraction of sp³-hybridized carbons (Fsp3) is 0.538. The molecule has 20 heavy (non-hydrogen) atoms. The Morgan fingerprint density at radius 3 is 1.75 bits per heavy atom. The molecule has 1 aromatic carbocycles. The molecule has 4 nitrogen and oxygen atoms in total. The molecule has 0 aromatic heterocycles. The Morgan fingerprint density at radius 1 is 0.900 bits per heavy atom. The first-order chi connectivity index (χ1) is 9.51. The summed E-state index contributed by atoms with van der Waals surface area (Å²) in [4.78, 5) is 0. The third-order valence-electron chi connectivity index (χ3n) is 2.88. The van der Waals surface area contributed by atoms with Gasteiger partial charge in [0, 0.05) is 13.2 Å². The molecular weight excluding hydrogens is 304 g/mol. The van der Waals surface area contributed by atoms with Crippen LogP contribution in [0.2, 0.25) is 19.6 Å². The van der Waals surface area contributed by atoms with Gasteiger partial charge in [-0.1, -0.05) is 30.3 Å². The molecule has 0 N–H and O–H groups in total. The highest BCUT2D eigenvalue weighted by Gasteiger charge is 2.38. The Hall–Kier alpha value is -0.289. The highest BCUT2D eigenvalue weighted by Crippen LogP contribution is 2.12. The molecule has 0 amide bonds.